The van der Waals surface area contributed by atoms with Crippen LogP contribution < -0.4 is 5.32 Å². The van der Waals surface area contributed by atoms with Gasteiger partial charge in [-0.05, 0) is 35.9 Å². The van der Waals surface area contributed by atoms with E-state index in [1.54, 1.807) is 29.9 Å². The van der Waals surface area contributed by atoms with Gasteiger partial charge in [0.1, 0.15) is 17.2 Å². The molecular weight excluding hydrogens is 295 g/mol. The molecule has 23 heavy (non-hydrogen) atoms. The Balaban J connectivity index is 1.74. The first kappa shape index (κ1) is 15.0. The average Bonchev–Trinajstić information content (AvgIpc) is 3.12. The molecule has 0 fully saturated rings. The van der Waals surface area contributed by atoms with Crippen molar-refractivity contribution in [3.05, 3.63) is 65.7 Å². The Morgan fingerprint density at radius 3 is 2.61 bits per heavy atom. The fourth-order valence-corrected chi connectivity index (χ4v) is 2.41. The summed E-state index contributed by atoms with van der Waals surface area (Å²) in [5.74, 6) is -0.510. The molecule has 1 N–H and O–H groups in total. The quantitative estimate of drug-likeness (QED) is 0.805. The number of hydrogen-bond acceptors (Lipinski definition) is 2. The summed E-state index contributed by atoms with van der Waals surface area (Å²) < 4.78 is 16.4. The highest BCUT2D eigenvalue weighted by molar-refractivity contribution is 5.93. The Kier molecular flexibility index (Phi) is 3.97. The van der Waals surface area contributed by atoms with Crippen LogP contribution in [-0.4, -0.2) is 20.3 Å². The lowest BCUT2D eigenvalue weighted by Crippen LogP contribution is -2.25. The maximum atomic E-state index is 12.9. The van der Waals surface area contributed by atoms with Crippen LogP contribution in [0.25, 0.3) is 11.4 Å². The van der Waals surface area contributed by atoms with Gasteiger partial charge in [-0.2, -0.15) is 5.10 Å². The SMILES string of the molecule is Cn1cccc1-c1cc(C(=O)NCc2ccc(F)cc2)n(C)n1. The molecule has 3 aromatic rings. The van der Waals surface area contributed by atoms with Crippen molar-refractivity contribution < 1.29 is 9.18 Å². The molecule has 0 saturated heterocycles. The van der Waals surface area contributed by atoms with Crippen LogP contribution in [0.5, 0.6) is 0 Å². The van der Waals surface area contributed by atoms with Gasteiger partial charge in [-0.1, -0.05) is 12.1 Å². The van der Waals surface area contributed by atoms with Gasteiger partial charge in [-0.15, -0.1) is 0 Å². The Bertz CT molecular complexity index is 833. The third kappa shape index (κ3) is 3.15. The molecule has 0 aliphatic carbocycles. The molecule has 0 radical (unpaired) electrons. The van der Waals surface area contributed by atoms with Crippen molar-refractivity contribution in [1.29, 1.82) is 0 Å². The second kappa shape index (κ2) is 6.08. The third-order valence-electron chi connectivity index (χ3n) is 3.68. The Morgan fingerprint density at radius 1 is 1.22 bits per heavy atom. The number of hydrogen-bond donors (Lipinski definition) is 1. The molecule has 1 aromatic carbocycles. The molecule has 2 aromatic heterocycles. The lowest BCUT2D eigenvalue weighted by Gasteiger charge is -2.05. The predicted octanol–water partition coefficient (Wildman–Crippen LogP) is 2.49. The fourth-order valence-electron chi connectivity index (χ4n) is 2.41. The maximum Gasteiger partial charge on any atom is 0.269 e. The molecule has 6 heteroatoms. The Hall–Kier alpha value is -2.89. The van der Waals surface area contributed by atoms with Gasteiger partial charge >= 0.3 is 0 Å². The summed E-state index contributed by atoms with van der Waals surface area (Å²) in [5.41, 5.74) is 3.00. The zero-order chi connectivity index (χ0) is 16.4. The van der Waals surface area contributed by atoms with Crippen molar-refractivity contribution in [2.75, 3.05) is 0 Å². The van der Waals surface area contributed by atoms with Crippen molar-refractivity contribution >= 4 is 5.91 Å². The van der Waals surface area contributed by atoms with Crippen molar-refractivity contribution in [2.24, 2.45) is 14.1 Å². The summed E-state index contributed by atoms with van der Waals surface area (Å²) in [6, 6.07) is 11.7. The Labute approximate surface area is 133 Å². The molecule has 3 rings (SSSR count). The average molecular weight is 312 g/mol. The van der Waals surface area contributed by atoms with Gasteiger partial charge in [0.2, 0.25) is 0 Å². The van der Waals surface area contributed by atoms with Crippen LogP contribution in [0.4, 0.5) is 4.39 Å². The number of nitrogens with zero attached hydrogens (tertiary/aromatic N) is 3. The molecule has 0 saturated carbocycles. The molecule has 0 aliphatic rings. The van der Waals surface area contributed by atoms with Crippen LogP contribution in [-0.2, 0) is 20.6 Å². The molecule has 0 atom stereocenters. The van der Waals surface area contributed by atoms with Crippen molar-refractivity contribution in [2.45, 2.75) is 6.54 Å². The van der Waals surface area contributed by atoms with E-state index in [4.69, 9.17) is 0 Å². The number of aromatic nitrogens is 3. The van der Waals surface area contributed by atoms with E-state index in [0.717, 1.165) is 17.0 Å². The monoisotopic (exact) mass is 312 g/mol. The highest BCUT2D eigenvalue weighted by atomic mass is 19.1. The van der Waals surface area contributed by atoms with Gasteiger partial charge in [-0.3, -0.25) is 9.48 Å². The van der Waals surface area contributed by atoms with Crippen LogP contribution in [0.15, 0.2) is 48.7 Å². The van der Waals surface area contributed by atoms with E-state index in [0.29, 0.717) is 12.2 Å². The summed E-state index contributed by atoms with van der Waals surface area (Å²) in [5, 5.41) is 7.21. The van der Waals surface area contributed by atoms with Crippen LogP contribution in [0, 0.1) is 5.82 Å². The number of amides is 1. The first-order valence-corrected chi connectivity index (χ1v) is 7.23. The van der Waals surface area contributed by atoms with Gasteiger partial charge < -0.3 is 9.88 Å². The van der Waals surface area contributed by atoms with Gasteiger partial charge in [0, 0.05) is 26.8 Å². The minimum Gasteiger partial charge on any atom is -0.349 e. The van der Waals surface area contributed by atoms with E-state index in [2.05, 4.69) is 10.4 Å². The fraction of sp³-hybridized carbons (Fsp3) is 0.176. The van der Waals surface area contributed by atoms with Gasteiger partial charge in [0.15, 0.2) is 0 Å². The van der Waals surface area contributed by atoms with E-state index in [1.807, 2.05) is 29.9 Å². The molecule has 0 unspecified atom stereocenters. The number of aryl methyl sites for hydroxylation is 2. The van der Waals surface area contributed by atoms with Gasteiger partial charge in [0.05, 0.1) is 5.69 Å². The lowest BCUT2D eigenvalue weighted by atomic mass is 10.2. The van der Waals surface area contributed by atoms with E-state index in [1.165, 1.54) is 12.1 Å². The van der Waals surface area contributed by atoms with E-state index in [9.17, 15) is 9.18 Å². The summed E-state index contributed by atoms with van der Waals surface area (Å²) in [7, 11) is 3.66. The molecule has 0 aliphatic heterocycles. The van der Waals surface area contributed by atoms with Crippen LogP contribution in [0.1, 0.15) is 16.1 Å². The summed E-state index contributed by atoms with van der Waals surface area (Å²) in [4.78, 5) is 12.3. The zero-order valence-corrected chi connectivity index (χ0v) is 13.0. The van der Waals surface area contributed by atoms with Gasteiger partial charge in [-0.25, -0.2) is 4.39 Å². The highest BCUT2D eigenvalue weighted by Gasteiger charge is 2.15. The summed E-state index contributed by atoms with van der Waals surface area (Å²) in [6.07, 6.45) is 1.93. The first-order chi connectivity index (χ1) is 11.0. The van der Waals surface area contributed by atoms with Crippen molar-refractivity contribution in [3.63, 3.8) is 0 Å². The van der Waals surface area contributed by atoms with Crippen LogP contribution in [0.2, 0.25) is 0 Å². The highest BCUT2D eigenvalue weighted by Crippen LogP contribution is 2.18. The molecule has 0 spiro atoms. The van der Waals surface area contributed by atoms with E-state index in [-0.39, 0.29) is 11.7 Å². The minimum atomic E-state index is -0.293. The molecule has 0 bridgehead atoms. The number of carbonyl (C=O) groups is 1. The van der Waals surface area contributed by atoms with E-state index >= 15 is 0 Å². The van der Waals surface area contributed by atoms with Crippen LogP contribution >= 0.6 is 0 Å². The van der Waals surface area contributed by atoms with Crippen LogP contribution in [0.3, 0.4) is 0 Å². The van der Waals surface area contributed by atoms with Gasteiger partial charge in [0.25, 0.3) is 5.91 Å². The van der Waals surface area contributed by atoms with Crippen molar-refractivity contribution in [1.82, 2.24) is 19.7 Å². The second-order valence-corrected chi connectivity index (χ2v) is 5.35. The van der Waals surface area contributed by atoms with Crippen molar-refractivity contribution in [3.8, 4) is 11.4 Å². The third-order valence-corrected chi connectivity index (χ3v) is 3.68. The maximum absolute atomic E-state index is 12.9. The standard InChI is InChI=1S/C17H17FN4O/c1-21-9-3-4-15(21)14-10-16(22(2)20-14)17(23)19-11-12-5-7-13(18)8-6-12/h3-10H,11H2,1-2H3,(H,19,23). The number of benzene rings is 1. The Morgan fingerprint density at radius 2 is 1.96 bits per heavy atom. The summed E-state index contributed by atoms with van der Waals surface area (Å²) >= 11 is 0. The number of nitrogens with one attached hydrogen (secondary N) is 1. The molecule has 5 nitrogen and oxygen atoms in total. The largest absolute Gasteiger partial charge is 0.349 e. The second-order valence-electron chi connectivity index (χ2n) is 5.35. The normalized spacial score (nSPS) is 10.7. The molecule has 1 amide bonds. The molecular formula is C17H17FN4O. The number of carbonyl (C=O) groups excluding carboxylic acids is 1. The zero-order valence-electron chi connectivity index (χ0n) is 13.0. The first-order valence-electron chi connectivity index (χ1n) is 7.23. The van der Waals surface area contributed by atoms with E-state index < -0.39 is 0 Å². The molecule has 2 heterocycles. The number of rotatable bonds is 4. The minimum absolute atomic E-state index is 0.218. The predicted molar refractivity (Wildman–Crippen MR) is 85.2 cm³/mol. The number of halogens is 1. The lowest BCUT2D eigenvalue weighted by molar-refractivity contribution is 0.0941. The topological polar surface area (TPSA) is 51.9 Å². The molecule has 118 valence electrons. The smallest absolute Gasteiger partial charge is 0.269 e. The summed E-state index contributed by atoms with van der Waals surface area (Å²) in [6.45, 7) is 0.337.